The van der Waals surface area contributed by atoms with Crippen molar-refractivity contribution in [2.45, 2.75) is 102 Å². The van der Waals surface area contributed by atoms with Crippen molar-refractivity contribution in [1.82, 2.24) is 0 Å². The standard InChI is InChI=1S/C15H22O2.C10H10F6O.C5H8O2/c1-9(2)14(16)17-15(3)12-5-10-4-11(7-12)8-13(15)6-10;11-9(12,13)8(10(14,15)16)6-4-1-2-5(3-4)7(6)17-8;1-4(2)5(6)7-3/h10-13H,1,4-8H2,2-3H3;4-7H,1-3H2;1H2,2-3H3. The monoisotopic (exact) mass is 594 g/mol. The van der Waals surface area contributed by atoms with E-state index in [2.05, 4.69) is 29.6 Å². The third-order valence-electron chi connectivity index (χ3n) is 10.4. The number of halogens is 6. The second kappa shape index (κ2) is 10.9. The Morgan fingerprint density at radius 2 is 1.24 bits per heavy atom. The van der Waals surface area contributed by atoms with Gasteiger partial charge >= 0.3 is 24.3 Å². The minimum absolute atomic E-state index is 0.108. The summed E-state index contributed by atoms with van der Waals surface area (Å²) in [5.41, 5.74) is -3.14. The maximum Gasteiger partial charge on any atom is 0.426 e. The molecule has 6 aliphatic carbocycles. The number of alkyl halides is 6. The number of hydrogen-bond acceptors (Lipinski definition) is 5. The zero-order valence-electron chi connectivity index (χ0n) is 24.0. The molecule has 0 aromatic carbocycles. The van der Waals surface area contributed by atoms with Crippen LogP contribution in [0.3, 0.4) is 0 Å². The third kappa shape index (κ3) is 5.44. The molecular formula is C30H40F6O5. The molecule has 232 valence electrons. The molecule has 0 aromatic rings. The molecule has 11 heteroatoms. The summed E-state index contributed by atoms with van der Waals surface area (Å²) >= 11 is 0. The lowest BCUT2D eigenvalue weighted by Gasteiger charge is -2.59. The Labute approximate surface area is 237 Å². The van der Waals surface area contributed by atoms with Gasteiger partial charge in [-0.2, -0.15) is 26.3 Å². The number of hydrogen-bond donors (Lipinski definition) is 0. The third-order valence-corrected chi connectivity index (χ3v) is 10.4. The van der Waals surface area contributed by atoms with Gasteiger partial charge in [0.2, 0.25) is 0 Å². The van der Waals surface area contributed by atoms with E-state index >= 15 is 0 Å². The number of methoxy groups -OCH3 is 1. The molecule has 0 radical (unpaired) electrons. The molecule has 7 rings (SSSR count). The Bertz CT molecular complexity index is 1020. The molecule has 6 saturated carbocycles. The van der Waals surface area contributed by atoms with E-state index in [0.717, 1.165) is 11.8 Å². The molecular weight excluding hydrogens is 554 g/mol. The van der Waals surface area contributed by atoms with Crippen LogP contribution >= 0.6 is 0 Å². The van der Waals surface area contributed by atoms with Crippen LogP contribution in [-0.4, -0.2) is 48.7 Å². The summed E-state index contributed by atoms with van der Waals surface area (Å²) in [7, 11) is 1.33. The van der Waals surface area contributed by atoms with Crippen molar-refractivity contribution >= 4 is 11.9 Å². The fraction of sp³-hybridized carbons (Fsp3) is 0.800. The van der Waals surface area contributed by atoms with Gasteiger partial charge in [0.25, 0.3) is 5.60 Å². The van der Waals surface area contributed by atoms with Gasteiger partial charge in [0.1, 0.15) is 5.60 Å². The van der Waals surface area contributed by atoms with Crippen LogP contribution in [0.5, 0.6) is 0 Å². The number of carbonyl (C=O) groups excluding carboxylic acids is 2. The van der Waals surface area contributed by atoms with Gasteiger partial charge in [-0.25, -0.2) is 9.59 Å². The van der Waals surface area contributed by atoms with Gasteiger partial charge in [-0.1, -0.05) is 13.2 Å². The Balaban J connectivity index is 0.000000155. The Morgan fingerprint density at radius 3 is 1.61 bits per heavy atom. The van der Waals surface area contributed by atoms with E-state index in [1.807, 2.05) is 0 Å². The van der Waals surface area contributed by atoms with Gasteiger partial charge < -0.3 is 14.2 Å². The molecule has 7 fully saturated rings. The Morgan fingerprint density at radius 1 is 0.780 bits per heavy atom. The lowest BCUT2D eigenvalue weighted by atomic mass is 9.50. The van der Waals surface area contributed by atoms with E-state index in [1.54, 1.807) is 13.8 Å². The maximum atomic E-state index is 12.8. The second-order valence-electron chi connectivity index (χ2n) is 13.1. The van der Waals surface area contributed by atoms with Crippen LogP contribution in [0.25, 0.3) is 0 Å². The smallest absolute Gasteiger partial charge is 0.426 e. The molecule has 1 heterocycles. The van der Waals surface area contributed by atoms with Crippen molar-refractivity contribution in [1.29, 1.82) is 0 Å². The molecule has 0 amide bonds. The SMILES string of the molecule is C=C(C)C(=O)OC.C=C(C)C(=O)OC1(C)C2CC3CC(C2)CC1C3.FC(F)(F)C1(C(F)(F)F)OC2C3CCC(C3)C21. The molecule has 6 bridgehead atoms. The van der Waals surface area contributed by atoms with Crippen LogP contribution in [0.2, 0.25) is 0 Å². The maximum absolute atomic E-state index is 12.8. The fourth-order valence-corrected chi connectivity index (χ4v) is 8.61. The summed E-state index contributed by atoms with van der Waals surface area (Å²) in [6.07, 6.45) is -3.48. The van der Waals surface area contributed by atoms with Gasteiger partial charge in [-0.15, -0.1) is 0 Å². The fourth-order valence-electron chi connectivity index (χ4n) is 8.61. The Kier molecular flexibility index (Phi) is 8.48. The van der Waals surface area contributed by atoms with E-state index in [4.69, 9.17) is 4.74 Å². The van der Waals surface area contributed by atoms with Crippen LogP contribution in [-0.2, 0) is 23.8 Å². The first kappa shape index (κ1) is 31.9. The summed E-state index contributed by atoms with van der Waals surface area (Å²) < 4.78 is 91.1. The van der Waals surface area contributed by atoms with Crippen LogP contribution < -0.4 is 0 Å². The normalized spacial score (nSPS) is 38.8. The minimum Gasteiger partial charge on any atom is -0.466 e. The van der Waals surface area contributed by atoms with Gasteiger partial charge in [-0.05, 0) is 108 Å². The van der Waals surface area contributed by atoms with Crippen LogP contribution in [0, 0.1) is 41.4 Å². The van der Waals surface area contributed by atoms with E-state index in [0.29, 0.717) is 42.2 Å². The zero-order chi connectivity index (χ0) is 30.7. The van der Waals surface area contributed by atoms with Crippen LogP contribution in [0.15, 0.2) is 24.3 Å². The largest absolute Gasteiger partial charge is 0.466 e. The summed E-state index contributed by atoms with van der Waals surface area (Å²) in [5, 5.41) is 0. The van der Waals surface area contributed by atoms with Crippen molar-refractivity contribution in [3.8, 4) is 0 Å². The van der Waals surface area contributed by atoms with Crippen molar-refractivity contribution < 1.29 is 50.1 Å². The quantitative estimate of drug-likeness (QED) is 0.194. The van der Waals surface area contributed by atoms with Crippen LogP contribution in [0.1, 0.15) is 72.1 Å². The van der Waals surface area contributed by atoms with Crippen molar-refractivity contribution in [2.24, 2.45) is 41.4 Å². The lowest BCUT2D eigenvalue weighted by molar-refractivity contribution is -0.470. The minimum atomic E-state index is -5.38. The molecule has 1 aliphatic heterocycles. The summed E-state index contributed by atoms with van der Waals surface area (Å²) in [6, 6.07) is 0. The summed E-state index contributed by atoms with van der Waals surface area (Å²) in [6.45, 7) is 12.6. The predicted molar refractivity (Wildman–Crippen MR) is 137 cm³/mol. The molecule has 5 nitrogen and oxygen atoms in total. The molecule has 4 atom stereocenters. The molecule has 41 heavy (non-hydrogen) atoms. The average molecular weight is 595 g/mol. The number of rotatable bonds is 3. The van der Waals surface area contributed by atoms with Crippen LogP contribution in [0.4, 0.5) is 26.3 Å². The predicted octanol–water partition coefficient (Wildman–Crippen LogP) is 7.35. The van der Waals surface area contributed by atoms with Gasteiger partial charge in [0, 0.05) is 17.1 Å². The van der Waals surface area contributed by atoms with Gasteiger partial charge in [0.15, 0.2) is 0 Å². The lowest BCUT2D eigenvalue weighted by Crippen LogP contribution is -2.75. The van der Waals surface area contributed by atoms with Gasteiger partial charge in [0.05, 0.1) is 13.2 Å². The molecule has 0 N–H and O–H groups in total. The van der Waals surface area contributed by atoms with Crippen molar-refractivity contribution in [3.05, 3.63) is 24.3 Å². The first-order valence-corrected chi connectivity index (χ1v) is 14.3. The zero-order valence-corrected chi connectivity index (χ0v) is 24.0. The summed E-state index contributed by atoms with van der Waals surface area (Å²) in [5.74, 6) is 0.471. The van der Waals surface area contributed by atoms with Crippen molar-refractivity contribution in [3.63, 3.8) is 0 Å². The molecule has 1 saturated heterocycles. The van der Waals surface area contributed by atoms with E-state index in [-0.39, 0.29) is 23.5 Å². The molecule has 0 aromatic heterocycles. The number of fused-ring (bicyclic) bond motifs is 5. The Hall–Kier alpha value is -2.04. The molecule has 4 unspecified atom stereocenters. The van der Waals surface area contributed by atoms with E-state index in [1.165, 1.54) is 39.2 Å². The summed E-state index contributed by atoms with van der Waals surface area (Å²) in [4.78, 5) is 22.0. The molecule has 7 aliphatic rings. The van der Waals surface area contributed by atoms with Crippen molar-refractivity contribution in [2.75, 3.05) is 7.11 Å². The van der Waals surface area contributed by atoms with Gasteiger partial charge in [-0.3, -0.25) is 0 Å². The van der Waals surface area contributed by atoms with E-state index < -0.39 is 35.9 Å². The highest BCUT2D eigenvalue weighted by Gasteiger charge is 2.86. The highest BCUT2D eigenvalue weighted by atomic mass is 19.4. The highest BCUT2D eigenvalue weighted by Crippen LogP contribution is 2.69. The first-order chi connectivity index (χ1) is 18.9. The highest BCUT2D eigenvalue weighted by molar-refractivity contribution is 5.87. The first-order valence-electron chi connectivity index (χ1n) is 14.3. The molecule has 0 spiro atoms. The van der Waals surface area contributed by atoms with E-state index in [9.17, 15) is 35.9 Å². The average Bonchev–Trinajstić information content (AvgIpc) is 3.38. The topological polar surface area (TPSA) is 61.8 Å². The number of ether oxygens (including phenoxy) is 3. The second-order valence-corrected chi connectivity index (χ2v) is 13.1. The number of esters is 2. The number of carbonyl (C=O) groups is 2.